The molecule has 0 radical (unpaired) electrons. The first-order valence-corrected chi connectivity index (χ1v) is 10.00. The quantitative estimate of drug-likeness (QED) is 0.562. The van der Waals surface area contributed by atoms with Gasteiger partial charge in [-0.05, 0) is 50.2 Å². The molecule has 2 aromatic carbocycles. The first-order valence-electron chi connectivity index (χ1n) is 9.12. The summed E-state index contributed by atoms with van der Waals surface area (Å²) in [6.45, 7) is 4.66. The summed E-state index contributed by atoms with van der Waals surface area (Å²) in [5, 5.41) is 9.13. The van der Waals surface area contributed by atoms with Gasteiger partial charge >= 0.3 is 0 Å². The first kappa shape index (κ1) is 19.9. The number of anilines is 1. The van der Waals surface area contributed by atoms with Gasteiger partial charge in [0.1, 0.15) is 5.75 Å². The minimum atomic E-state index is -0.288. The molecule has 1 amide bonds. The number of aromatic nitrogens is 3. The molecule has 0 spiro atoms. The smallest absolute Gasteiger partial charge is 0.240 e. The van der Waals surface area contributed by atoms with Gasteiger partial charge in [0.2, 0.25) is 5.91 Å². The molecule has 0 N–H and O–H groups in total. The Morgan fingerprint density at radius 1 is 1.14 bits per heavy atom. The Morgan fingerprint density at radius 3 is 2.43 bits per heavy atom. The Hall–Kier alpha value is -2.80. The van der Waals surface area contributed by atoms with Gasteiger partial charge in [-0.3, -0.25) is 4.79 Å². The van der Waals surface area contributed by atoms with Gasteiger partial charge in [-0.2, -0.15) is 0 Å². The van der Waals surface area contributed by atoms with Crippen LogP contribution in [-0.4, -0.2) is 40.1 Å². The van der Waals surface area contributed by atoms with Crippen molar-refractivity contribution in [3.05, 3.63) is 54.6 Å². The third kappa shape index (κ3) is 4.20. The van der Waals surface area contributed by atoms with Crippen LogP contribution in [0.15, 0.2) is 59.8 Å². The van der Waals surface area contributed by atoms with E-state index in [-0.39, 0.29) is 11.2 Å². The van der Waals surface area contributed by atoms with Crippen molar-refractivity contribution in [3.63, 3.8) is 0 Å². The summed E-state index contributed by atoms with van der Waals surface area (Å²) in [4.78, 5) is 14.5. The fourth-order valence-electron chi connectivity index (χ4n) is 2.87. The Balaban J connectivity index is 1.78. The number of thioether (sulfide) groups is 1. The highest BCUT2D eigenvalue weighted by Crippen LogP contribution is 2.29. The fraction of sp³-hybridized carbons (Fsp3) is 0.286. The van der Waals surface area contributed by atoms with Crippen LogP contribution < -0.4 is 9.64 Å². The number of rotatable bonds is 7. The van der Waals surface area contributed by atoms with Crippen molar-refractivity contribution >= 4 is 23.4 Å². The van der Waals surface area contributed by atoms with Gasteiger partial charge in [0.25, 0.3) is 0 Å². The van der Waals surface area contributed by atoms with Crippen LogP contribution in [0.4, 0.5) is 5.69 Å². The molecular weight excluding hydrogens is 372 g/mol. The predicted octanol–water partition coefficient (Wildman–Crippen LogP) is 4.12. The van der Waals surface area contributed by atoms with Gasteiger partial charge in [0.05, 0.1) is 12.4 Å². The second kappa shape index (κ2) is 8.93. The topological polar surface area (TPSA) is 60.2 Å². The molecule has 0 saturated heterocycles. The van der Waals surface area contributed by atoms with E-state index in [0.717, 1.165) is 28.0 Å². The molecule has 146 valence electrons. The zero-order valence-electron chi connectivity index (χ0n) is 16.5. The summed E-state index contributed by atoms with van der Waals surface area (Å²) < 4.78 is 7.24. The summed E-state index contributed by atoms with van der Waals surface area (Å²) in [6, 6.07) is 17.3. The predicted molar refractivity (Wildman–Crippen MR) is 113 cm³/mol. The number of para-hydroxylation sites is 1. The molecule has 0 aliphatic heterocycles. The van der Waals surface area contributed by atoms with Crippen molar-refractivity contribution < 1.29 is 9.53 Å². The lowest BCUT2D eigenvalue weighted by Gasteiger charge is -2.21. The van der Waals surface area contributed by atoms with Crippen LogP contribution in [0.5, 0.6) is 5.75 Å². The monoisotopic (exact) mass is 396 g/mol. The normalized spacial score (nSPS) is 11.9. The van der Waals surface area contributed by atoms with Crippen molar-refractivity contribution in [3.8, 4) is 17.1 Å². The summed E-state index contributed by atoms with van der Waals surface area (Å²) in [7, 11) is 3.44. The average molecular weight is 397 g/mol. The Bertz CT molecular complexity index is 925. The lowest BCUT2D eigenvalue weighted by atomic mass is 10.2. The number of methoxy groups -OCH3 is 1. The van der Waals surface area contributed by atoms with E-state index in [1.165, 1.54) is 11.8 Å². The van der Waals surface area contributed by atoms with Crippen molar-refractivity contribution in [1.29, 1.82) is 0 Å². The van der Waals surface area contributed by atoms with Crippen molar-refractivity contribution in [2.24, 2.45) is 0 Å². The summed E-state index contributed by atoms with van der Waals surface area (Å²) in [5.74, 6) is 1.60. The maximum atomic E-state index is 12.8. The lowest BCUT2D eigenvalue weighted by molar-refractivity contribution is -0.117. The van der Waals surface area contributed by atoms with Crippen LogP contribution in [0.1, 0.15) is 13.8 Å². The SMILES string of the molecule is CCn1c(SC(C)C(=O)N(C)c2ccccc2)nnc1-c1ccc(OC)cc1. The number of carbonyl (C=O) groups is 1. The molecular formula is C21H24N4O2S. The second-order valence-electron chi connectivity index (χ2n) is 6.27. The molecule has 7 heteroatoms. The molecule has 6 nitrogen and oxygen atoms in total. The van der Waals surface area contributed by atoms with Crippen LogP contribution in [0, 0.1) is 0 Å². The maximum Gasteiger partial charge on any atom is 0.240 e. The molecule has 0 saturated carbocycles. The number of ether oxygens (including phenoxy) is 1. The van der Waals surface area contributed by atoms with Crippen LogP contribution in [-0.2, 0) is 11.3 Å². The lowest BCUT2D eigenvalue weighted by Crippen LogP contribution is -2.33. The maximum absolute atomic E-state index is 12.8. The second-order valence-corrected chi connectivity index (χ2v) is 7.58. The molecule has 0 bridgehead atoms. The number of nitrogens with zero attached hydrogens (tertiary/aromatic N) is 4. The summed E-state index contributed by atoms with van der Waals surface area (Å²) in [5.41, 5.74) is 1.83. The van der Waals surface area contributed by atoms with Crippen LogP contribution in [0.3, 0.4) is 0 Å². The first-order chi connectivity index (χ1) is 13.5. The van der Waals surface area contributed by atoms with E-state index < -0.39 is 0 Å². The number of benzene rings is 2. The molecule has 0 aliphatic rings. The van der Waals surface area contributed by atoms with Gasteiger partial charge in [-0.1, -0.05) is 30.0 Å². The third-order valence-corrected chi connectivity index (χ3v) is 5.55. The molecule has 3 aromatic rings. The highest BCUT2D eigenvalue weighted by Gasteiger charge is 2.23. The van der Waals surface area contributed by atoms with E-state index in [0.29, 0.717) is 6.54 Å². The number of hydrogen-bond acceptors (Lipinski definition) is 5. The molecule has 28 heavy (non-hydrogen) atoms. The number of amides is 1. The molecule has 0 aliphatic carbocycles. The summed E-state index contributed by atoms with van der Waals surface area (Å²) >= 11 is 1.42. The van der Waals surface area contributed by atoms with E-state index in [9.17, 15) is 4.79 Å². The van der Waals surface area contributed by atoms with E-state index in [4.69, 9.17) is 4.74 Å². The minimum Gasteiger partial charge on any atom is -0.497 e. The molecule has 1 heterocycles. The minimum absolute atomic E-state index is 0.0212. The molecule has 0 fully saturated rings. The van der Waals surface area contributed by atoms with E-state index in [1.807, 2.05) is 73.0 Å². The van der Waals surface area contributed by atoms with Crippen LogP contribution in [0.25, 0.3) is 11.4 Å². The highest BCUT2D eigenvalue weighted by molar-refractivity contribution is 8.00. The highest BCUT2D eigenvalue weighted by atomic mass is 32.2. The van der Waals surface area contributed by atoms with Crippen molar-refractivity contribution in [2.45, 2.75) is 30.8 Å². The molecule has 1 unspecified atom stereocenters. The van der Waals surface area contributed by atoms with E-state index >= 15 is 0 Å². The number of hydrogen-bond donors (Lipinski definition) is 0. The zero-order valence-corrected chi connectivity index (χ0v) is 17.3. The third-order valence-electron chi connectivity index (χ3n) is 4.49. The Labute approximate surface area is 169 Å². The Kier molecular flexibility index (Phi) is 6.36. The van der Waals surface area contributed by atoms with Gasteiger partial charge in [0, 0.05) is 24.8 Å². The molecule has 3 rings (SSSR count). The van der Waals surface area contributed by atoms with E-state index in [1.54, 1.807) is 19.1 Å². The van der Waals surface area contributed by atoms with Gasteiger partial charge in [-0.15, -0.1) is 10.2 Å². The van der Waals surface area contributed by atoms with Crippen molar-refractivity contribution in [2.75, 3.05) is 19.1 Å². The van der Waals surface area contributed by atoms with Crippen LogP contribution >= 0.6 is 11.8 Å². The summed E-state index contributed by atoms with van der Waals surface area (Å²) in [6.07, 6.45) is 0. The van der Waals surface area contributed by atoms with Crippen molar-refractivity contribution in [1.82, 2.24) is 14.8 Å². The fourth-order valence-corrected chi connectivity index (χ4v) is 3.88. The molecule has 1 aromatic heterocycles. The molecule has 1 atom stereocenters. The van der Waals surface area contributed by atoms with E-state index in [2.05, 4.69) is 10.2 Å². The van der Waals surface area contributed by atoms with Gasteiger partial charge in [0.15, 0.2) is 11.0 Å². The Morgan fingerprint density at radius 2 is 1.82 bits per heavy atom. The standard InChI is InChI=1S/C21H24N4O2S/c1-5-25-19(16-11-13-18(27-4)14-12-16)22-23-21(25)28-15(2)20(26)24(3)17-9-7-6-8-10-17/h6-15H,5H2,1-4H3. The van der Waals surface area contributed by atoms with Gasteiger partial charge in [-0.25, -0.2) is 0 Å². The number of carbonyl (C=O) groups excluding carboxylic acids is 1. The zero-order chi connectivity index (χ0) is 20.1. The largest absolute Gasteiger partial charge is 0.497 e. The van der Waals surface area contributed by atoms with Crippen LogP contribution in [0.2, 0.25) is 0 Å². The average Bonchev–Trinajstić information content (AvgIpc) is 3.15. The van der Waals surface area contributed by atoms with Gasteiger partial charge < -0.3 is 14.2 Å².